The van der Waals surface area contributed by atoms with E-state index in [0.29, 0.717) is 11.7 Å². The zero-order valence-corrected chi connectivity index (χ0v) is 30.7. The van der Waals surface area contributed by atoms with Gasteiger partial charge < -0.3 is 0 Å². The fourth-order valence-corrected chi connectivity index (χ4v) is 7.06. The molecule has 0 N–H and O–H groups in total. The zero-order chi connectivity index (χ0) is 37.1. The second kappa shape index (κ2) is 12.8. The molecule has 0 saturated heterocycles. The van der Waals surface area contributed by atoms with Gasteiger partial charge in [-0.1, -0.05) is 30.3 Å². The fraction of sp³-hybridized carbons (Fsp3) is 0.256. The number of rotatable bonds is 5. The number of aromatic nitrogens is 6. The number of carbonyl (C=O) groups excluding carboxylic acids is 2. The summed E-state index contributed by atoms with van der Waals surface area (Å²) >= 11 is 0. The van der Waals surface area contributed by atoms with Gasteiger partial charge in [0, 0.05) is 53.7 Å². The smallest absolute Gasteiger partial charge is 0.242 e. The Balaban J connectivity index is 0.000000152. The Morgan fingerprint density at radius 3 is 1.57 bits per heavy atom. The van der Waals surface area contributed by atoms with Gasteiger partial charge in [0.2, 0.25) is 11.8 Å². The summed E-state index contributed by atoms with van der Waals surface area (Å²) in [5, 5.41) is 0. The Bertz CT molecular complexity index is 2350. The third kappa shape index (κ3) is 6.03. The summed E-state index contributed by atoms with van der Waals surface area (Å²) in [6.07, 6.45) is 13.2. The monoisotopic (exact) mass is 700 g/mol. The van der Waals surface area contributed by atoms with Crippen LogP contribution in [0.1, 0.15) is 74.9 Å². The Morgan fingerprint density at radius 1 is 0.566 bits per heavy atom. The van der Waals surface area contributed by atoms with Crippen LogP contribution in [-0.4, -0.2) is 41.7 Å². The minimum atomic E-state index is -0.588. The van der Waals surface area contributed by atoms with E-state index in [0.717, 1.165) is 67.8 Å². The van der Waals surface area contributed by atoms with Gasteiger partial charge in [-0.25, -0.2) is 24.9 Å². The van der Waals surface area contributed by atoms with Crippen molar-refractivity contribution in [3.8, 4) is 22.3 Å². The van der Waals surface area contributed by atoms with Crippen molar-refractivity contribution in [2.24, 2.45) is 0 Å². The quantitative estimate of drug-likeness (QED) is 0.176. The lowest BCUT2D eigenvalue weighted by Crippen LogP contribution is -2.33. The molecule has 1 saturated carbocycles. The van der Waals surface area contributed by atoms with Crippen LogP contribution in [0.4, 0.5) is 22.9 Å². The topological polar surface area (TPSA) is 118 Å². The van der Waals surface area contributed by atoms with Gasteiger partial charge >= 0.3 is 0 Å². The molecule has 2 amide bonds. The number of hydrogen-bond acceptors (Lipinski definition) is 8. The Hall–Kier alpha value is -6.16. The van der Waals surface area contributed by atoms with E-state index in [1.807, 2.05) is 109 Å². The molecule has 264 valence electrons. The van der Waals surface area contributed by atoms with Crippen LogP contribution in [0.2, 0.25) is 0 Å². The SMILES string of the molecule is Cc1ncc(-c2ccc3c(c2)N(c2ccc(C4CC4)nc2)C(=O)C3(C)C)cn1.Cc1ncc(-c2ccc3c(c2)N(c2ccccn2)C(=O)C3(C)C)cn1. The van der Waals surface area contributed by atoms with E-state index >= 15 is 0 Å². The number of fused-ring (bicyclic) bond motifs is 2. The van der Waals surface area contributed by atoms with Gasteiger partial charge in [-0.15, -0.1) is 0 Å². The molecule has 10 heteroatoms. The third-order valence-electron chi connectivity index (χ3n) is 10.4. The number of hydrogen-bond donors (Lipinski definition) is 0. The van der Waals surface area contributed by atoms with Crippen LogP contribution in [-0.2, 0) is 20.4 Å². The number of benzene rings is 2. The summed E-state index contributed by atoms with van der Waals surface area (Å²) in [6, 6.07) is 21.9. The summed E-state index contributed by atoms with van der Waals surface area (Å²) < 4.78 is 0. The Morgan fingerprint density at radius 2 is 1.09 bits per heavy atom. The number of nitrogens with zero attached hydrogens (tertiary/aromatic N) is 8. The summed E-state index contributed by atoms with van der Waals surface area (Å²) in [5.41, 5.74) is 8.42. The molecule has 0 bridgehead atoms. The van der Waals surface area contributed by atoms with Gasteiger partial charge in [0.25, 0.3) is 0 Å². The molecule has 0 spiro atoms. The molecule has 6 aromatic rings. The molecule has 9 rings (SSSR count). The summed E-state index contributed by atoms with van der Waals surface area (Å²) in [6.45, 7) is 11.6. The highest BCUT2D eigenvalue weighted by molar-refractivity contribution is 6.13. The molecule has 10 nitrogen and oxygen atoms in total. The van der Waals surface area contributed by atoms with Crippen molar-refractivity contribution in [3.05, 3.63) is 132 Å². The lowest BCUT2D eigenvalue weighted by molar-refractivity contribution is -0.122. The average Bonchev–Trinajstić information content (AvgIpc) is 3.97. The predicted molar refractivity (Wildman–Crippen MR) is 205 cm³/mol. The van der Waals surface area contributed by atoms with Crippen molar-refractivity contribution in [3.63, 3.8) is 0 Å². The van der Waals surface area contributed by atoms with Crippen LogP contribution < -0.4 is 9.80 Å². The molecule has 6 heterocycles. The molecule has 53 heavy (non-hydrogen) atoms. The van der Waals surface area contributed by atoms with E-state index in [4.69, 9.17) is 0 Å². The van der Waals surface area contributed by atoms with Crippen LogP contribution in [0.25, 0.3) is 22.3 Å². The minimum Gasteiger partial charge on any atom is -0.278 e. The maximum atomic E-state index is 13.3. The number of amides is 2. The lowest BCUT2D eigenvalue weighted by Gasteiger charge is -2.20. The van der Waals surface area contributed by atoms with Crippen molar-refractivity contribution in [2.45, 2.75) is 71.1 Å². The first-order chi connectivity index (χ1) is 25.4. The zero-order valence-electron chi connectivity index (χ0n) is 30.7. The van der Waals surface area contributed by atoms with Crippen LogP contribution in [0.5, 0.6) is 0 Å². The van der Waals surface area contributed by atoms with Gasteiger partial charge in [-0.3, -0.25) is 24.4 Å². The fourth-order valence-electron chi connectivity index (χ4n) is 7.06. The minimum absolute atomic E-state index is 0.0264. The molecule has 2 aliphatic heterocycles. The summed E-state index contributed by atoms with van der Waals surface area (Å²) in [7, 11) is 0. The van der Waals surface area contributed by atoms with Crippen LogP contribution in [0, 0.1) is 13.8 Å². The third-order valence-corrected chi connectivity index (χ3v) is 10.4. The predicted octanol–water partition coefficient (Wildman–Crippen LogP) is 8.48. The van der Waals surface area contributed by atoms with Crippen LogP contribution in [0.15, 0.2) is 104 Å². The molecular formula is C43H40N8O2. The first-order valence-corrected chi connectivity index (χ1v) is 17.9. The van der Waals surface area contributed by atoms with Gasteiger partial charge in [0.05, 0.1) is 34.1 Å². The van der Waals surface area contributed by atoms with Gasteiger partial charge in [-0.2, -0.15) is 0 Å². The number of anilines is 4. The van der Waals surface area contributed by atoms with Crippen molar-refractivity contribution >= 4 is 34.7 Å². The highest BCUT2D eigenvalue weighted by atomic mass is 16.2. The first kappa shape index (κ1) is 34.0. The molecule has 0 unspecified atom stereocenters. The number of carbonyl (C=O) groups is 2. The van der Waals surface area contributed by atoms with Crippen molar-refractivity contribution in [2.75, 3.05) is 9.80 Å². The van der Waals surface area contributed by atoms with Crippen LogP contribution in [0.3, 0.4) is 0 Å². The molecule has 1 aliphatic carbocycles. The van der Waals surface area contributed by atoms with Gasteiger partial charge in [0.15, 0.2) is 0 Å². The molecule has 0 radical (unpaired) electrons. The van der Waals surface area contributed by atoms with Gasteiger partial charge in [-0.05, 0) is 113 Å². The second-order valence-corrected chi connectivity index (χ2v) is 14.9. The normalized spacial score (nSPS) is 16.6. The highest BCUT2D eigenvalue weighted by Gasteiger charge is 2.46. The second-order valence-electron chi connectivity index (χ2n) is 14.9. The maximum absolute atomic E-state index is 13.3. The molecular weight excluding hydrogens is 661 g/mol. The molecule has 1 fully saturated rings. The summed E-state index contributed by atoms with van der Waals surface area (Å²) in [4.78, 5) is 55.9. The van der Waals surface area contributed by atoms with E-state index in [1.165, 1.54) is 12.8 Å². The lowest BCUT2D eigenvalue weighted by atomic mass is 9.85. The van der Waals surface area contributed by atoms with Crippen molar-refractivity contribution in [1.82, 2.24) is 29.9 Å². The van der Waals surface area contributed by atoms with Crippen molar-refractivity contribution in [1.29, 1.82) is 0 Å². The van der Waals surface area contributed by atoms with E-state index in [1.54, 1.807) is 28.4 Å². The van der Waals surface area contributed by atoms with E-state index in [2.05, 4.69) is 48.1 Å². The number of aryl methyl sites for hydroxylation is 2. The standard InChI is InChI=1S/C23H22N4O.C20H18N4O/c1-14-24-11-17(12-25-14)16-6-8-19-21(10-16)27(22(28)23(19,2)3)18-7-9-20(26-13-18)15-4-5-15;1-13-22-11-15(12-23-13)14-7-8-16-17(10-14)24(19(25)20(16,2)3)18-6-4-5-9-21-18/h6-13,15H,4-5H2,1-3H3;4-12H,1-3H3. The average molecular weight is 701 g/mol. The molecule has 0 atom stereocenters. The van der Waals surface area contributed by atoms with Gasteiger partial charge in [0.1, 0.15) is 17.5 Å². The maximum Gasteiger partial charge on any atom is 0.242 e. The summed E-state index contributed by atoms with van der Waals surface area (Å²) in [5.74, 6) is 2.80. The van der Waals surface area contributed by atoms with E-state index < -0.39 is 10.8 Å². The molecule has 3 aliphatic rings. The molecule has 2 aromatic carbocycles. The first-order valence-electron chi connectivity index (χ1n) is 17.9. The molecule has 4 aromatic heterocycles. The Labute approximate surface area is 309 Å². The Kier molecular flexibility index (Phi) is 8.20. The highest BCUT2D eigenvalue weighted by Crippen LogP contribution is 2.48. The van der Waals surface area contributed by atoms with E-state index in [9.17, 15) is 9.59 Å². The number of pyridine rings is 2. The largest absolute Gasteiger partial charge is 0.278 e. The van der Waals surface area contributed by atoms with Crippen LogP contribution >= 0.6 is 0 Å². The van der Waals surface area contributed by atoms with E-state index in [-0.39, 0.29) is 11.8 Å². The van der Waals surface area contributed by atoms with Crippen molar-refractivity contribution < 1.29 is 9.59 Å².